The summed E-state index contributed by atoms with van der Waals surface area (Å²) in [6.07, 6.45) is 12.9. The molecule has 0 bridgehead atoms. The summed E-state index contributed by atoms with van der Waals surface area (Å²) in [5.41, 5.74) is 0.928. The Morgan fingerprint density at radius 2 is 1.23 bits per heavy atom. The van der Waals surface area contributed by atoms with Crippen LogP contribution in [-0.2, 0) is 9.47 Å². The van der Waals surface area contributed by atoms with Gasteiger partial charge in [0.1, 0.15) is 0 Å². The quantitative estimate of drug-likeness (QED) is 0.208. The van der Waals surface area contributed by atoms with Crippen LogP contribution in [0.2, 0.25) is 0 Å². The fourth-order valence-corrected chi connectivity index (χ4v) is 3.28. The first kappa shape index (κ1) is 26.2. The molecule has 4 heteroatoms. The third-order valence-corrected chi connectivity index (χ3v) is 5.30. The lowest BCUT2D eigenvalue weighted by Crippen LogP contribution is -2.16. The Labute approximate surface area is 183 Å². The highest BCUT2D eigenvalue weighted by Crippen LogP contribution is 2.14. The van der Waals surface area contributed by atoms with Crippen LogP contribution in [0.1, 0.15) is 119 Å². The van der Waals surface area contributed by atoms with Crippen LogP contribution in [0.5, 0.6) is 0 Å². The van der Waals surface area contributed by atoms with Gasteiger partial charge in [-0.05, 0) is 56.4 Å². The minimum atomic E-state index is -0.346. The van der Waals surface area contributed by atoms with E-state index in [1.165, 1.54) is 44.9 Å². The Morgan fingerprint density at radius 1 is 0.733 bits per heavy atom. The SMILES string of the molecule is CCCCCCCCCCCOC(=O)c1ccc(C(=O)OC(C)CCC(C)C)cc1. The largest absolute Gasteiger partial charge is 0.462 e. The van der Waals surface area contributed by atoms with Crippen molar-refractivity contribution >= 4 is 11.9 Å². The van der Waals surface area contributed by atoms with E-state index in [1.54, 1.807) is 24.3 Å². The molecule has 0 aliphatic rings. The highest BCUT2D eigenvalue weighted by Gasteiger charge is 2.14. The van der Waals surface area contributed by atoms with E-state index in [-0.39, 0.29) is 18.0 Å². The lowest BCUT2D eigenvalue weighted by molar-refractivity contribution is 0.0312. The molecule has 1 aromatic carbocycles. The molecule has 0 amide bonds. The minimum absolute atomic E-state index is 0.110. The van der Waals surface area contributed by atoms with Crippen molar-refractivity contribution in [1.29, 1.82) is 0 Å². The summed E-state index contributed by atoms with van der Waals surface area (Å²) in [6.45, 7) is 8.91. The van der Waals surface area contributed by atoms with Crippen molar-refractivity contribution in [3.63, 3.8) is 0 Å². The Bertz CT molecular complexity index is 592. The molecule has 0 fully saturated rings. The van der Waals surface area contributed by atoms with Crippen LogP contribution in [0, 0.1) is 5.92 Å². The molecule has 1 rings (SSSR count). The number of rotatable bonds is 16. The van der Waals surface area contributed by atoms with E-state index in [2.05, 4.69) is 20.8 Å². The zero-order valence-corrected chi connectivity index (χ0v) is 19.6. The molecular formula is C26H42O4. The third kappa shape index (κ3) is 12.0. The van der Waals surface area contributed by atoms with Crippen LogP contribution in [0.15, 0.2) is 24.3 Å². The summed E-state index contributed by atoms with van der Waals surface area (Å²) < 4.78 is 10.8. The van der Waals surface area contributed by atoms with Crippen molar-refractivity contribution in [2.24, 2.45) is 5.92 Å². The van der Waals surface area contributed by atoms with E-state index in [1.807, 2.05) is 6.92 Å². The Morgan fingerprint density at radius 3 is 1.77 bits per heavy atom. The van der Waals surface area contributed by atoms with Gasteiger partial charge in [0, 0.05) is 0 Å². The molecule has 0 spiro atoms. The summed E-state index contributed by atoms with van der Waals surface area (Å²) >= 11 is 0. The van der Waals surface area contributed by atoms with Gasteiger partial charge in [-0.1, -0.05) is 72.1 Å². The molecule has 0 aliphatic carbocycles. The van der Waals surface area contributed by atoms with Gasteiger partial charge in [0.25, 0.3) is 0 Å². The first-order chi connectivity index (χ1) is 14.4. The number of hydrogen-bond donors (Lipinski definition) is 0. The Kier molecular flexibility index (Phi) is 13.9. The maximum Gasteiger partial charge on any atom is 0.338 e. The van der Waals surface area contributed by atoms with Crippen LogP contribution in [-0.4, -0.2) is 24.6 Å². The molecule has 0 heterocycles. The zero-order chi connectivity index (χ0) is 22.2. The number of unbranched alkanes of at least 4 members (excludes halogenated alkanes) is 8. The van der Waals surface area contributed by atoms with Gasteiger partial charge in [-0.2, -0.15) is 0 Å². The predicted molar refractivity (Wildman–Crippen MR) is 123 cm³/mol. The van der Waals surface area contributed by atoms with Gasteiger partial charge >= 0.3 is 11.9 Å². The highest BCUT2D eigenvalue weighted by molar-refractivity contribution is 5.93. The molecule has 1 atom stereocenters. The molecule has 0 aromatic heterocycles. The summed E-state index contributed by atoms with van der Waals surface area (Å²) in [4.78, 5) is 24.4. The summed E-state index contributed by atoms with van der Waals surface area (Å²) in [6, 6.07) is 6.53. The van der Waals surface area contributed by atoms with Gasteiger partial charge in [0.15, 0.2) is 0 Å². The maximum absolute atomic E-state index is 12.2. The van der Waals surface area contributed by atoms with E-state index in [9.17, 15) is 9.59 Å². The Hall–Kier alpha value is -1.84. The second-order valence-corrected chi connectivity index (χ2v) is 8.73. The number of benzene rings is 1. The van der Waals surface area contributed by atoms with Crippen molar-refractivity contribution in [1.82, 2.24) is 0 Å². The molecule has 0 aliphatic heterocycles. The number of hydrogen-bond acceptors (Lipinski definition) is 4. The maximum atomic E-state index is 12.2. The second-order valence-electron chi connectivity index (χ2n) is 8.73. The molecule has 0 saturated heterocycles. The van der Waals surface area contributed by atoms with Crippen molar-refractivity contribution in [3.05, 3.63) is 35.4 Å². The molecule has 0 saturated carbocycles. The Balaban J connectivity index is 2.22. The van der Waals surface area contributed by atoms with Crippen molar-refractivity contribution in [2.45, 2.75) is 104 Å². The van der Waals surface area contributed by atoms with Crippen LogP contribution in [0.4, 0.5) is 0 Å². The van der Waals surface area contributed by atoms with Gasteiger partial charge in [-0.25, -0.2) is 9.59 Å². The predicted octanol–water partition coefficient (Wildman–Crippen LogP) is 7.36. The van der Waals surface area contributed by atoms with E-state index in [0.29, 0.717) is 23.7 Å². The minimum Gasteiger partial charge on any atom is -0.462 e. The third-order valence-electron chi connectivity index (χ3n) is 5.30. The fraction of sp³-hybridized carbons (Fsp3) is 0.692. The standard InChI is InChI=1S/C26H42O4/c1-5-6-7-8-9-10-11-12-13-20-29-25(27)23-16-18-24(19-17-23)26(28)30-22(4)15-14-21(2)3/h16-19,21-22H,5-15,20H2,1-4H3. The van der Waals surface area contributed by atoms with Crippen LogP contribution >= 0.6 is 0 Å². The van der Waals surface area contributed by atoms with Gasteiger partial charge in [-0.15, -0.1) is 0 Å². The van der Waals surface area contributed by atoms with Crippen molar-refractivity contribution in [2.75, 3.05) is 6.61 Å². The summed E-state index contributed by atoms with van der Waals surface area (Å²) in [7, 11) is 0. The number of carbonyl (C=O) groups is 2. The summed E-state index contributed by atoms with van der Waals surface area (Å²) in [5, 5.41) is 0. The molecule has 1 unspecified atom stereocenters. The van der Waals surface area contributed by atoms with Gasteiger partial charge in [-0.3, -0.25) is 0 Å². The normalized spacial score (nSPS) is 12.0. The van der Waals surface area contributed by atoms with Crippen LogP contribution in [0.3, 0.4) is 0 Å². The van der Waals surface area contributed by atoms with E-state index >= 15 is 0 Å². The number of carbonyl (C=O) groups excluding carboxylic acids is 2. The molecule has 4 nitrogen and oxygen atoms in total. The zero-order valence-electron chi connectivity index (χ0n) is 19.6. The molecule has 1 aromatic rings. The van der Waals surface area contributed by atoms with E-state index in [4.69, 9.17) is 9.47 Å². The van der Waals surface area contributed by atoms with Gasteiger partial charge in [0.2, 0.25) is 0 Å². The fourth-order valence-electron chi connectivity index (χ4n) is 3.28. The van der Waals surface area contributed by atoms with Gasteiger partial charge in [0.05, 0.1) is 23.8 Å². The molecule has 0 N–H and O–H groups in total. The van der Waals surface area contributed by atoms with Crippen LogP contribution in [0.25, 0.3) is 0 Å². The molecule has 0 radical (unpaired) electrons. The average molecular weight is 419 g/mol. The monoisotopic (exact) mass is 418 g/mol. The number of ether oxygens (including phenoxy) is 2. The molecule has 170 valence electrons. The lowest BCUT2D eigenvalue weighted by atomic mass is 10.1. The topological polar surface area (TPSA) is 52.6 Å². The second kappa shape index (κ2) is 15.9. The van der Waals surface area contributed by atoms with Crippen molar-refractivity contribution < 1.29 is 19.1 Å². The first-order valence-electron chi connectivity index (χ1n) is 11.9. The average Bonchev–Trinajstić information content (AvgIpc) is 2.73. The molecular weight excluding hydrogens is 376 g/mol. The lowest BCUT2D eigenvalue weighted by Gasteiger charge is -2.14. The van der Waals surface area contributed by atoms with Crippen molar-refractivity contribution in [3.8, 4) is 0 Å². The molecule has 30 heavy (non-hydrogen) atoms. The number of esters is 2. The first-order valence-corrected chi connectivity index (χ1v) is 11.9. The smallest absolute Gasteiger partial charge is 0.338 e. The highest BCUT2D eigenvalue weighted by atomic mass is 16.5. The van der Waals surface area contributed by atoms with E-state index < -0.39 is 0 Å². The van der Waals surface area contributed by atoms with Gasteiger partial charge < -0.3 is 9.47 Å². The van der Waals surface area contributed by atoms with E-state index in [0.717, 1.165) is 25.7 Å². The summed E-state index contributed by atoms with van der Waals surface area (Å²) in [5.74, 6) is -0.0901. The van der Waals surface area contributed by atoms with Crippen LogP contribution < -0.4 is 0 Å².